The molecule has 0 spiro atoms. The largest absolute Gasteiger partial charge is 0.395 e. The van der Waals surface area contributed by atoms with E-state index in [0.29, 0.717) is 5.69 Å². The van der Waals surface area contributed by atoms with Crippen molar-refractivity contribution >= 4 is 17.3 Å². The molecule has 0 saturated carbocycles. The average Bonchev–Trinajstić information content (AvgIpc) is 2.19. The zero-order valence-corrected chi connectivity index (χ0v) is 8.75. The summed E-state index contributed by atoms with van der Waals surface area (Å²) in [5, 5.41) is 2.78. The minimum atomic E-state index is -0.489. The number of anilines is 2. The van der Waals surface area contributed by atoms with Crippen LogP contribution in [0.5, 0.6) is 0 Å². The Bertz CT molecular complexity index is 366. The van der Waals surface area contributed by atoms with Gasteiger partial charge in [-0.15, -0.1) is 0 Å². The van der Waals surface area contributed by atoms with Crippen molar-refractivity contribution in [1.29, 1.82) is 0 Å². The predicted octanol–water partition coefficient (Wildman–Crippen LogP) is 0.908. The van der Waals surface area contributed by atoms with Gasteiger partial charge in [0.2, 0.25) is 5.91 Å². The van der Waals surface area contributed by atoms with E-state index >= 15 is 0 Å². The molecule has 0 aliphatic carbocycles. The maximum atomic E-state index is 13.0. The smallest absolute Gasteiger partial charge is 0.241 e. The van der Waals surface area contributed by atoms with Crippen LogP contribution in [0.1, 0.15) is 0 Å². The van der Waals surface area contributed by atoms with E-state index in [-0.39, 0.29) is 18.1 Å². The van der Waals surface area contributed by atoms with Crippen molar-refractivity contribution in [3.8, 4) is 0 Å². The second-order valence-electron chi connectivity index (χ2n) is 3.34. The van der Waals surface area contributed by atoms with Crippen LogP contribution in [-0.2, 0) is 4.79 Å². The number of nitrogens with zero attached hydrogens (tertiary/aromatic N) is 1. The molecule has 0 atom stereocenters. The molecule has 1 aromatic rings. The van der Waals surface area contributed by atoms with Gasteiger partial charge in [-0.05, 0) is 12.1 Å². The molecule has 1 aromatic carbocycles. The highest BCUT2D eigenvalue weighted by atomic mass is 19.1. The summed E-state index contributed by atoms with van der Waals surface area (Å²) in [7, 11) is 3.30. The summed E-state index contributed by atoms with van der Waals surface area (Å²) in [6.45, 7) is 0.0979. The standard InChI is InChI=1S/C10H14FN3O/c1-14(2)9(15)6-13-8-5-3-4-7(11)10(8)12/h3-5,13H,6,12H2,1-2H3. The van der Waals surface area contributed by atoms with Crippen LogP contribution in [0.15, 0.2) is 18.2 Å². The first-order chi connectivity index (χ1) is 7.02. The second-order valence-corrected chi connectivity index (χ2v) is 3.34. The van der Waals surface area contributed by atoms with E-state index in [1.54, 1.807) is 20.2 Å². The number of amides is 1. The van der Waals surface area contributed by atoms with E-state index in [2.05, 4.69) is 5.32 Å². The molecule has 1 amide bonds. The molecule has 0 radical (unpaired) electrons. The lowest BCUT2D eigenvalue weighted by atomic mass is 10.2. The summed E-state index contributed by atoms with van der Waals surface area (Å²) in [4.78, 5) is 12.7. The van der Waals surface area contributed by atoms with Gasteiger partial charge in [0, 0.05) is 14.1 Å². The fourth-order valence-electron chi connectivity index (χ4n) is 1.02. The lowest BCUT2D eigenvalue weighted by molar-refractivity contribution is -0.126. The molecule has 0 heterocycles. The molecule has 1 rings (SSSR count). The predicted molar refractivity (Wildman–Crippen MR) is 58.0 cm³/mol. The van der Waals surface area contributed by atoms with E-state index in [0.717, 1.165) is 0 Å². The second kappa shape index (κ2) is 4.63. The van der Waals surface area contributed by atoms with Gasteiger partial charge in [-0.25, -0.2) is 4.39 Å². The number of nitrogen functional groups attached to an aromatic ring is 1. The van der Waals surface area contributed by atoms with E-state index in [1.807, 2.05) is 0 Å². The summed E-state index contributed by atoms with van der Waals surface area (Å²) in [5.74, 6) is -0.587. The van der Waals surface area contributed by atoms with Crippen LogP contribution in [0.25, 0.3) is 0 Å². The number of rotatable bonds is 3. The number of nitrogens with one attached hydrogen (secondary N) is 1. The molecule has 4 nitrogen and oxygen atoms in total. The highest BCUT2D eigenvalue weighted by Gasteiger charge is 2.07. The maximum Gasteiger partial charge on any atom is 0.241 e. The Hall–Kier alpha value is -1.78. The zero-order chi connectivity index (χ0) is 11.4. The molecule has 82 valence electrons. The number of hydrogen-bond acceptors (Lipinski definition) is 3. The number of hydrogen-bond donors (Lipinski definition) is 2. The Morgan fingerprint density at radius 1 is 1.53 bits per heavy atom. The van der Waals surface area contributed by atoms with E-state index in [4.69, 9.17) is 5.73 Å². The highest BCUT2D eigenvalue weighted by molar-refractivity contribution is 5.81. The molecule has 0 fully saturated rings. The minimum Gasteiger partial charge on any atom is -0.395 e. The van der Waals surface area contributed by atoms with Crippen molar-refractivity contribution in [2.75, 3.05) is 31.7 Å². The van der Waals surface area contributed by atoms with Crippen molar-refractivity contribution in [3.63, 3.8) is 0 Å². The summed E-state index contributed by atoms with van der Waals surface area (Å²) in [6, 6.07) is 4.43. The first-order valence-corrected chi connectivity index (χ1v) is 4.50. The van der Waals surface area contributed by atoms with Gasteiger partial charge >= 0.3 is 0 Å². The molecule has 0 unspecified atom stereocenters. The van der Waals surface area contributed by atoms with Gasteiger partial charge in [-0.3, -0.25) is 4.79 Å². The number of halogens is 1. The van der Waals surface area contributed by atoms with Crippen LogP contribution >= 0.6 is 0 Å². The molecular weight excluding hydrogens is 197 g/mol. The summed E-state index contributed by atoms with van der Waals surface area (Å²) >= 11 is 0. The third-order valence-electron chi connectivity index (χ3n) is 1.98. The number of carbonyl (C=O) groups is 1. The molecule has 0 aliphatic heterocycles. The Kier molecular flexibility index (Phi) is 3.49. The minimum absolute atomic E-state index is 0.0315. The highest BCUT2D eigenvalue weighted by Crippen LogP contribution is 2.20. The summed E-state index contributed by atoms with van der Waals surface area (Å²) in [5.41, 5.74) is 5.95. The fraction of sp³-hybridized carbons (Fsp3) is 0.300. The average molecular weight is 211 g/mol. The molecular formula is C10H14FN3O. The van der Waals surface area contributed by atoms with Gasteiger partial charge in [-0.1, -0.05) is 6.07 Å². The van der Waals surface area contributed by atoms with E-state index in [1.165, 1.54) is 17.0 Å². The van der Waals surface area contributed by atoms with Crippen LogP contribution < -0.4 is 11.1 Å². The van der Waals surface area contributed by atoms with Crippen molar-refractivity contribution in [2.45, 2.75) is 0 Å². The Morgan fingerprint density at radius 3 is 2.80 bits per heavy atom. The molecule has 0 aromatic heterocycles. The lowest BCUT2D eigenvalue weighted by Crippen LogP contribution is -2.28. The summed E-state index contributed by atoms with van der Waals surface area (Å²) < 4.78 is 13.0. The van der Waals surface area contributed by atoms with Crippen molar-refractivity contribution in [2.24, 2.45) is 0 Å². The molecule has 15 heavy (non-hydrogen) atoms. The van der Waals surface area contributed by atoms with E-state index in [9.17, 15) is 9.18 Å². The third-order valence-corrected chi connectivity index (χ3v) is 1.98. The van der Waals surface area contributed by atoms with Crippen LogP contribution in [-0.4, -0.2) is 31.4 Å². The van der Waals surface area contributed by atoms with Crippen molar-refractivity contribution in [1.82, 2.24) is 4.90 Å². The fourth-order valence-corrected chi connectivity index (χ4v) is 1.02. The SMILES string of the molecule is CN(C)C(=O)CNc1cccc(F)c1N. The molecule has 5 heteroatoms. The maximum absolute atomic E-state index is 13.0. The van der Waals surface area contributed by atoms with Gasteiger partial charge in [-0.2, -0.15) is 0 Å². The van der Waals surface area contributed by atoms with Crippen LogP contribution in [0.3, 0.4) is 0 Å². The zero-order valence-electron chi connectivity index (χ0n) is 8.75. The number of para-hydroxylation sites is 1. The molecule has 0 saturated heterocycles. The molecule has 0 bridgehead atoms. The number of benzene rings is 1. The Labute approximate surface area is 87.9 Å². The Balaban J connectivity index is 2.66. The van der Waals surface area contributed by atoms with Crippen LogP contribution in [0.2, 0.25) is 0 Å². The first-order valence-electron chi connectivity index (χ1n) is 4.50. The number of carbonyl (C=O) groups excluding carboxylic acids is 1. The number of nitrogens with two attached hydrogens (primary N) is 1. The van der Waals surface area contributed by atoms with Crippen LogP contribution in [0.4, 0.5) is 15.8 Å². The van der Waals surface area contributed by atoms with Gasteiger partial charge in [0.05, 0.1) is 17.9 Å². The monoisotopic (exact) mass is 211 g/mol. The topological polar surface area (TPSA) is 58.4 Å². The van der Waals surface area contributed by atoms with Crippen molar-refractivity contribution in [3.05, 3.63) is 24.0 Å². The normalized spacial score (nSPS) is 9.80. The quantitative estimate of drug-likeness (QED) is 0.730. The van der Waals surface area contributed by atoms with Gasteiger partial charge in [0.1, 0.15) is 5.82 Å². The van der Waals surface area contributed by atoms with Crippen LogP contribution in [0, 0.1) is 5.82 Å². The summed E-state index contributed by atoms with van der Waals surface area (Å²) in [6.07, 6.45) is 0. The third kappa shape index (κ3) is 2.83. The molecule has 0 aliphatic rings. The van der Waals surface area contributed by atoms with Crippen molar-refractivity contribution < 1.29 is 9.18 Å². The van der Waals surface area contributed by atoms with Gasteiger partial charge in [0.15, 0.2) is 0 Å². The van der Waals surface area contributed by atoms with Gasteiger partial charge < -0.3 is 16.0 Å². The lowest BCUT2D eigenvalue weighted by Gasteiger charge is -2.13. The van der Waals surface area contributed by atoms with Gasteiger partial charge in [0.25, 0.3) is 0 Å². The number of likely N-dealkylation sites (N-methyl/N-ethyl adjacent to an activating group) is 1. The molecule has 3 N–H and O–H groups in total. The first kappa shape index (κ1) is 11.3. The van der Waals surface area contributed by atoms with E-state index < -0.39 is 5.82 Å². The Morgan fingerprint density at radius 2 is 2.20 bits per heavy atom.